The molecular formula is C20H18ClNO5. The zero-order valence-electron chi connectivity index (χ0n) is 14.8. The van der Waals surface area contributed by atoms with Crippen LogP contribution in [0.2, 0.25) is 5.02 Å². The van der Waals surface area contributed by atoms with Crippen LogP contribution in [0.25, 0.3) is 10.9 Å². The van der Waals surface area contributed by atoms with Gasteiger partial charge in [0.2, 0.25) is 5.78 Å². The summed E-state index contributed by atoms with van der Waals surface area (Å²) in [5, 5.41) is 10.6. The summed E-state index contributed by atoms with van der Waals surface area (Å²) >= 11 is 5.92. The molecule has 6 nitrogen and oxygen atoms in total. The van der Waals surface area contributed by atoms with Crippen molar-refractivity contribution in [2.24, 2.45) is 0 Å². The Bertz CT molecular complexity index is 1020. The first kappa shape index (κ1) is 18.8. The number of ketones is 1. The van der Waals surface area contributed by atoms with Crippen LogP contribution in [0, 0.1) is 6.92 Å². The number of carbonyl (C=O) groups is 2. The summed E-state index contributed by atoms with van der Waals surface area (Å²) in [5.74, 6) is -1.21. The molecule has 2 aromatic carbocycles. The van der Waals surface area contributed by atoms with Crippen molar-refractivity contribution in [2.75, 3.05) is 13.2 Å². The van der Waals surface area contributed by atoms with Gasteiger partial charge in [-0.1, -0.05) is 29.8 Å². The predicted molar refractivity (Wildman–Crippen MR) is 102 cm³/mol. The highest BCUT2D eigenvalue weighted by molar-refractivity contribution is 6.32. The van der Waals surface area contributed by atoms with Crippen molar-refractivity contribution in [1.29, 1.82) is 0 Å². The van der Waals surface area contributed by atoms with E-state index in [9.17, 15) is 14.7 Å². The number of aromatic amines is 1. The van der Waals surface area contributed by atoms with Crippen molar-refractivity contribution in [3.8, 4) is 11.5 Å². The minimum Gasteiger partial charge on any atom is -0.503 e. The van der Waals surface area contributed by atoms with Crippen LogP contribution in [0.5, 0.6) is 11.5 Å². The third-order valence-electron chi connectivity index (χ3n) is 4.07. The van der Waals surface area contributed by atoms with Gasteiger partial charge in [0, 0.05) is 22.2 Å². The Kier molecular flexibility index (Phi) is 5.37. The van der Waals surface area contributed by atoms with Crippen LogP contribution in [0.3, 0.4) is 0 Å². The number of para-hydroxylation sites is 1. The molecule has 140 valence electrons. The number of carbonyl (C=O) groups excluding carboxylic acids is 2. The third kappa shape index (κ3) is 3.75. The molecule has 0 unspecified atom stereocenters. The fourth-order valence-corrected chi connectivity index (χ4v) is 3.09. The lowest BCUT2D eigenvalue weighted by molar-refractivity contribution is 0.0474. The molecule has 0 bridgehead atoms. The van der Waals surface area contributed by atoms with Crippen LogP contribution in [0.4, 0.5) is 0 Å². The minimum absolute atomic E-state index is 0.0355. The number of Topliss-reactive ketones (excluding diaryl/α,β-unsaturated/α-hetero) is 1. The molecule has 0 fully saturated rings. The Labute approximate surface area is 160 Å². The van der Waals surface area contributed by atoms with Crippen molar-refractivity contribution in [2.45, 2.75) is 13.8 Å². The number of fused-ring (bicyclic) bond motifs is 1. The first-order valence-electron chi connectivity index (χ1n) is 8.35. The molecule has 0 saturated heterocycles. The van der Waals surface area contributed by atoms with Gasteiger partial charge in [-0.3, -0.25) is 4.79 Å². The van der Waals surface area contributed by atoms with Crippen molar-refractivity contribution in [3.63, 3.8) is 0 Å². The van der Waals surface area contributed by atoms with E-state index in [2.05, 4.69) is 4.98 Å². The fourth-order valence-electron chi connectivity index (χ4n) is 2.88. The van der Waals surface area contributed by atoms with Crippen molar-refractivity contribution < 1.29 is 24.2 Å². The summed E-state index contributed by atoms with van der Waals surface area (Å²) in [6.07, 6.45) is 0. The lowest BCUT2D eigenvalue weighted by Gasteiger charge is -2.10. The number of esters is 1. The van der Waals surface area contributed by atoms with Gasteiger partial charge >= 0.3 is 5.97 Å². The van der Waals surface area contributed by atoms with Crippen molar-refractivity contribution >= 4 is 34.3 Å². The highest BCUT2D eigenvalue weighted by Gasteiger charge is 2.20. The topological polar surface area (TPSA) is 88.6 Å². The Hall–Kier alpha value is -2.99. The van der Waals surface area contributed by atoms with Crippen LogP contribution < -0.4 is 4.74 Å². The number of aromatic nitrogens is 1. The molecule has 0 atom stereocenters. The number of nitrogens with one attached hydrogen (secondary N) is 1. The molecule has 27 heavy (non-hydrogen) atoms. The summed E-state index contributed by atoms with van der Waals surface area (Å²) in [5.41, 5.74) is 2.14. The van der Waals surface area contributed by atoms with Crippen molar-refractivity contribution in [3.05, 3.63) is 58.2 Å². The molecule has 0 aliphatic rings. The highest BCUT2D eigenvalue weighted by atomic mass is 35.5. The molecule has 0 aliphatic heterocycles. The average Bonchev–Trinajstić information content (AvgIpc) is 2.99. The summed E-state index contributed by atoms with van der Waals surface area (Å²) < 4.78 is 10.4. The maximum Gasteiger partial charge on any atom is 0.338 e. The van der Waals surface area contributed by atoms with E-state index in [4.69, 9.17) is 21.1 Å². The summed E-state index contributed by atoms with van der Waals surface area (Å²) in [7, 11) is 0. The number of hydrogen-bond donors (Lipinski definition) is 2. The van der Waals surface area contributed by atoms with Gasteiger partial charge < -0.3 is 19.6 Å². The van der Waals surface area contributed by atoms with Crippen LogP contribution >= 0.6 is 11.6 Å². The Morgan fingerprint density at radius 1 is 1.22 bits per heavy atom. The van der Waals surface area contributed by atoms with Gasteiger partial charge in [0.15, 0.2) is 18.1 Å². The number of halogens is 1. The van der Waals surface area contributed by atoms with E-state index >= 15 is 0 Å². The Morgan fingerprint density at radius 3 is 2.70 bits per heavy atom. The average molecular weight is 388 g/mol. The molecule has 0 aliphatic carbocycles. The maximum absolute atomic E-state index is 12.6. The number of benzene rings is 2. The molecule has 2 N–H and O–H groups in total. The van der Waals surface area contributed by atoms with E-state index in [1.165, 1.54) is 12.1 Å². The zero-order valence-corrected chi connectivity index (χ0v) is 15.6. The van der Waals surface area contributed by atoms with Gasteiger partial charge in [-0.15, -0.1) is 0 Å². The normalized spacial score (nSPS) is 10.8. The summed E-state index contributed by atoms with van der Waals surface area (Å²) in [6.45, 7) is 3.41. The monoisotopic (exact) mass is 387 g/mol. The molecular weight excluding hydrogens is 370 g/mol. The van der Waals surface area contributed by atoms with E-state index in [-0.39, 0.29) is 27.9 Å². The largest absolute Gasteiger partial charge is 0.503 e. The summed E-state index contributed by atoms with van der Waals surface area (Å²) in [4.78, 5) is 28.0. The number of aryl methyl sites for hydroxylation is 1. The quantitative estimate of drug-likeness (QED) is 0.487. The first-order chi connectivity index (χ1) is 12.9. The van der Waals surface area contributed by atoms with E-state index in [1.54, 1.807) is 13.8 Å². The maximum atomic E-state index is 12.6. The second kappa shape index (κ2) is 7.72. The number of rotatable bonds is 6. The second-order valence-electron chi connectivity index (χ2n) is 5.91. The van der Waals surface area contributed by atoms with Gasteiger partial charge in [-0.05, 0) is 32.0 Å². The highest BCUT2D eigenvalue weighted by Crippen LogP contribution is 2.35. The van der Waals surface area contributed by atoms with Crippen LogP contribution in [-0.4, -0.2) is 35.1 Å². The SMILES string of the molecule is CCOc1cc(C(=O)OCC(=O)c2c(C)[nH]c3ccccc23)cc(Cl)c1O. The number of phenols is 1. The zero-order chi connectivity index (χ0) is 19.6. The van der Waals surface area contributed by atoms with Gasteiger partial charge in [-0.25, -0.2) is 4.79 Å². The number of hydrogen-bond acceptors (Lipinski definition) is 5. The van der Waals surface area contributed by atoms with E-state index in [0.29, 0.717) is 17.9 Å². The second-order valence-corrected chi connectivity index (χ2v) is 6.31. The van der Waals surface area contributed by atoms with Crippen LogP contribution in [0.1, 0.15) is 33.3 Å². The predicted octanol–water partition coefficient (Wildman–Crippen LogP) is 4.27. The smallest absolute Gasteiger partial charge is 0.338 e. The molecule has 3 aromatic rings. The molecule has 0 saturated carbocycles. The first-order valence-corrected chi connectivity index (χ1v) is 8.73. The molecule has 1 aromatic heterocycles. The summed E-state index contributed by atoms with van der Waals surface area (Å²) in [6, 6.07) is 10.0. The fraction of sp³-hybridized carbons (Fsp3) is 0.200. The lowest BCUT2D eigenvalue weighted by atomic mass is 10.1. The molecule has 0 amide bonds. The third-order valence-corrected chi connectivity index (χ3v) is 4.36. The van der Waals surface area contributed by atoms with Crippen molar-refractivity contribution in [1.82, 2.24) is 4.98 Å². The van der Waals surface area contributed by atoms with Gasteiger partial charge in [0.05, 0.1) is 17.2 Å². The Morgan fingerprint density at radius 2 is 1.96 bits per heavy atom. The Balaban J connectivity index is 1.77. The molecule has 0 spiro atoms. The number of aromatic hydroxyl groups is 1. The number of ether oxygens (including phenoxy) is 2. The minimum atomic E-state index is -0.733. The van der Waals surface area contributed by atoms with E-state index in [0.717, 1.165) is 10.9 Å². The standard InChI is InChI=1S/C20H18ClNO5/c1-3-26-17-9-12(8-14(21)19(17)24)20(25)27-10-16(23)18-11(2)22-15-7-5-4-6-13(15)18/h4-9,22,24H,3,10H2,1-2H3. The van der Waals surface area contributed by atoms with E-state index < -0.39 is 12.6 Å². The van der Waals surface area contributed by atoms with Gasteiger partial charge in [0.1, 0.15) is 0 Å². The molecule has 0 radical (unpaired) electrons. The van der Waals surface area contributed by atoms with Gasteiger partial charge in [0.25, 0.3) is 0 Å². The van der Waals surface area contributed by atoms with Crippen LogP contribution in [-0.2, 0) is 4.74 Å². The lowest BCUT2D eigenvalue weighted by Crippen LogP contribution is -2.15. The molecule has 1 heterocycles. The number of phenolic OH excluding ortho intramolecular Hbond substituents is 1. The van der Waals surface area contributed by atoms with E-state index in [1.807, 2.05) is 24.3 Å². The molecule has 7 heteroatoms. The number of H-pyrrole nitrogens is 1. The van der Waals surface area contributed by atoms with Gasteiger partial charge in [-0.2, -0.15) is 0 Å². The van der Waals surface area contributed by atoms with Crippen LogP contribution in [0.15, 0.2) is 36.4 Å². The molecule has 3 rings (SSSR count).